The van der Waals surface area contributed by atoms with E-state index < -0.39 is 28.9 Å². The summed E-state index contributed by atoms with van der Waals surface area (Å²) in [5.74, 6) is -5.37. The smallest absolute Gasteiger partial charge is 0.289 e. The number of halogens is 3. The van der Waals surface area contributed by atoms with Gasteiger partial charge >= 0.3 is 0 Å². The molecule has 24 heavy (non-hydrogen) atoms. The lowest BCUT2D eigenvalue weighted by Crippen LogP contribution is -2.50. The largest absolute Gasteiger partial charge is 0.459 e. The van der Waals surface area contributed by atoms with Gasteiger partial charge < -0.3 is 14.2 Å². The van der Waals surface area contributed by atoms with Gasteiger partial charge in [-0.05, 0) is 24.3 Å². The van der Waals surface area contributed by atoms with Crippen LogP contribution in [-0.2, 0) is 0 Å². The Bertz CT molecular complexity index is 769. The van der Waals surface area contributed by atoms with E-state index in [1.807, 2.05) is 0 Å². The van der Waals surface area contributed by atoms with Gasteiger partial charge in [0.25, 0.3) is 11.8 Å². The number of nitrogens with zero attached hydrogens (tertiary/aromatic N) is 2. The Morgan fingerprint density at radius 2 is 1.50 bits per heavy atom. The summed E-state index contributed by atoms with van der Waals surface area (Å²) < 4.78 is 45.0. The summed E-state index contributed by atoms with van der Waals surface area (Å²) in [6.07, 6.45) is 1.39. The molecular weight excluding hydrogens is 325 g/mol. The first-order valence-electron chi connectivity index (χ1n) is 7.24. The molecule has 0 bridgehead atoms. The van der Waals surface area contributed by atoms with Gasteiger partial charge in [-0.1, -0.05) is 0 Å². The van der Waals surface area contributed by atoms with Crippen molar-refractivity contribution in [1.82, 2.24) is 9.80 Å². The van der Waals surface area contributed by atoms with Crippen molar-refractivity contribution in [3.8, 4) is 0 Å². The highest BCUT2D eigenvalue weighted by Gasteiger charge is 2.29. The number of piperazine rings is 1. The number of carbonyl (C=O) groups is 2. The van der Waals surface area contributed by atoms with E-state index >= 15 is 0 Å². The number of furan rings is 1. The second kappa shape index (κ2) is 6.38. The summed E-state index contributed by atoms with van der Waals surface area (Å²) in [7, 11) is 0. The fourth-order valence-corrected chi connectivity index (χ4v) is 2.53. The lowest BCUT2D eigenvalue weighted by atomic mass is 10.1. The van der Waals surface area contributed by atoms with Crippen molar-refractivity contribution < 1.29 is 27.2 Å². The molecular formula is C16H13F3N2O3. The Balaban J connectivity index is 1.68. The van der Waals surface area contributed by atoms with Crippen molar-refractivity contribution in [2.75, 3.05) is 26.2 Å². The number of carbonyl (C=O) groups excluding carboxylic acids is 2. The monoisotopic (exact) mass is 338 g/mol. The van der Waals surface area contributed by atoms with E-state index in [4.69, 9.17) is 4.42 Å². The van der Waals surface area contributed by atoms with Gasteiger partial charge in [0.1, 0.15) is 0 Å². The number of rotatable bonds is 2. The minimum atomic E-state index is -1.67. The van der Waals surface area contributed by atoms with E-state index in [1.54, 1.807) is 6.07 Å². The van der Waals surface area contributed by atoms with Gasteiger partial charge in [0, 0.05) is 26.2 Å². The second-order valence-corrected chi connectivity index (χ2v) is 5.28. The molecule has 1 fully saturated rings. The van der Waals surface area contributed by atoms with Crippen LogP contribution in [0.2, 0.25) is 0 Å². The van der Waals surface area contributed by atoms with E-state index in [0.717, 1.165) is 6.07 Å². The summed E-state index contributed by atoms with van der Waals surface area (Å²) in [6, 6.07) is 4.76. The van der Waals surface area contributed by atoms with Crippen molar-refractivity contribution >= 4 is 11.8 Å². The summed E-state index contributed by atoms with van der Waals surface area (Å²) in [5.41, 5.74) is -0.528. The van der Waals surface area contributed by atoms with Crippen LogP contribution in [0.5, 0.6) is 0 Å². The standard InChI is InChI=1S/C16H13F3N2O3/c17-11-4-3-10(13(18)14(11)19)15(22)20-5-7-21(8-6-20)16(23)12-2-1-9-24-12/h1-4,9H,5-8H2. The Morgan fingerprint density at radius 1 is 0.875 bits per heavy atom. The Hall–Kier alpha value is -2.77. The summed E-state index contributed by atoms with van der Waals surface area (Å²) in [4.78, 5) is 27.2. The minimum Gasteiger partial charge on any atom is -0.459 e. The zero-order chi connectivity index (χ0) is 17.3. The lowest BCUT2D eigenvalue weighted by molar-refractivity contribution is 0.0515. The molecule has 0 spiro atoms. The van der Waals surface area contributed by atoms with E-state index in [-0.39, 0.29) is 37.8 Å². The molecule has 0 N–H and O–H groups in total. The van der Waals surface area contributed by atoms with Crippen molar-refractivity contribution in [2.24, 2.45) is 0 Å². The molecule has 0 atom stereocenters. The average molecular weight is 338 g/mol. The number of hydrogen-bond donors (Lipinski definition) is 0. The van der Waals surface area contributed by atoms with Gasteiger partial charge in [0.05, 0.1) is 11.8 Å². The number of amides is 2. The maximum Gasteiger partial charge on any atom is 0.289 e. The molecule has 2 amide bonds. The van der Waals surface area contributed by atoms with Crippen molar-refractivity contribution in [2.45, 2.75) is 0 Å². The fraction of sp³-hybridized carbons (Fsp3) is 0.250. The van der Waals surface area contributed by atoms with Gasteiger partial charge in [-0.2, -0.15) is 0 Å². The molecule has 0 aliphatic carbocycles. The third-order valence-corrected chi connectivity index (χ3v) is 3.85. The molecule has 1 aliphatic heterocycles. The van der Waals surface area contributed by atoms with Crippen LogP contribution in [0.1, 0.15) is 20.9 Å². The zero-order valence-electron chi connectivity index (χ0n) is 12.5. The molecule has 2 heterocycles. The topological polar surface area (TPSA) is 53.8 Å². The van der Waals surface area contributed by atoms with E-state index in [1.165, 1.54) is 22.1 Å². The van der Waals surface area contributed by atoms with Crippen LogP contribution in [0.25, 0.3) is 0 Å². The molecule has 1 aromatic carbocycles. The minimum absolute atomic E-state index is 0.156. The molecule has 1 aliphatic rings. The molecule has 126 valence electrons. The van der Waals surface area contributed by atoms with Crippen LogP contribution in [0.4, 0.5) is 13.2 Å². The quantitative estimate of drug-likeness (QED) is 0.790. The highest BCUT2D eigenvalue weighted by molar-refractivity contribution is 5.95. The van der Waals surface area contributed by atoms with Crippen molar-refractivity contribution in [3.63, 3.8) is 0 Å². The highest BCUT2D eigenvalue weighted by atomic mass is 19.2. The Morgan fingerprint density at radius 3 is 2.08 bits per heavy atom. The Kier molecular flexibility index (Phi) is 4.28. The molecule has 1 saturated heterocycles. The first-order chi connectivity index (χ1) is 11.5. The van der Waals surface area contributed by atoms with Crippen LogP contribution in [-0.4, -0.2) is 47.8 Å². The van der Waals surface area contributed by atoms with Crippen LogP contribution in [0.15, 0.2) is 34.9 Å². The SMILES string of the molecule is O=C(c1ccco1)N1CCN(C(=O)c2ccc(F)c(F)c2F)CC1. The molecule has 0 radical (unpaired) electrons. The number of hydrogen-bond acceptors (Lipinski definition) is 3. The van der Waals surface area contributed by atoms with Crippen LogP contribution < -0.4 is 0 Å². The Labute approximate surface area is 135 Å². The predicted molar refractivity (Wildman–Crippen MR) is 76.8 cm³/mol. The molecule has 8 heteroatoms. The van der Waals surface area contributed by atoms with Crippen molar-refractivity contribution in [1.29, 1.82) is 0 Å². The van der Waals surface area contributed by atoms with E-state index in [9.17, 15) is 22.8 Å². The first kappa shape index (κ1) is 16.1. The predicted octanol–water partition coefficient (Wildman–Crippen LogP) is 2.30. The van der Waals surface area contributed by atoms with Gasteiger partial charge in [0.15, 0.2) is 23.2 Å². The molecule has 3 rings (SSSR count). The summed E-state index contributed by atoms with van der Waals surface area (Å²) in [6.45, 7) is 0.778. The van der Waals surface area contributed by atoms with Crippen molar-refractivity contribution in [3.05, 3.63) is 59.3 Å². The summed E-state index contributed by atoms with van der Waals surface area (Å²) in [5, 5.41) is 0. The van der Waals surface area contributed by atoms with Gasteiger partial charge in [-0.25, -0.2) is 13.2 Å². The molecule has 2 aromatic rings. The van der Waals surface area contributed by atoms with Gasteiger partial charge in [-0.3, -0.25) is 9.59 Å². The summed E-state index contributed by atoms with van der Waals surface area (Å²) >= 11 is 0. The maximum absolute atomic E-state index is 13.7. The normalized spacial score (nSPS) is 14.8. The van der Waals surface area contributed by atoms with Crippen LogP contribution in [0.3, 0.4) is 0 Å². The third-order valence-electron chi connectivity index (χ3n) is 3.85. The average Bonchev–Trinajstić information content (AvgIpc) is 3.13. The highest BCUT2D eigenvalue weighted by Crippen LogP contribution is 2.18. The van der Waals surface area contributed by atoms with Crippen LogP contribution >= 0.6 is 0 Å². The molecule has 0 saturated carbocycles. The second-order valence-electron chi connectivity index (χ2n) is 5.28. The maximum atomic E-state index is 13.7. The first-order valence-corrected chi connectivity index (χ1v) is 7.24. The van der Waals surface area contributed by atoms with Crippen LogP contribution in [0, 0.1) is 17.5 Å². The third kappa shape index (κ3) is 2.86. The lowest BCUT2D eigenvalue weighted by Gasteiger charge is -2.34. The molecule has 5 nitrogen and oxygen atoms in total. The van der Waals surface area contributed by atoms with E-state index in [0.29, 0.717) is 6.07 Å². The number of benzene rings is 1. The molecule has 1 aromatic heterocycles. The van der Waals surface area contributed by atoms with Gasteiger partial charge in [-0.15, -0.1) is 0 Å². The van der Waals surface area contributed by atoms with Gasteiger partial charge in [0.2, 0.25) is 0 Å². The fourth-order valence-electron chi connectivity index (χ4n) is 2.53. The zero-order valence-corrected chi connectivity index (χ0v) is 12.5. The van der Waals surface area contributed by atoms with E-state index in [2.05, 4.69) is 0 Å². The molecule has 0 unspecified atom stereocenters.